The van der Waals surface area contributed by atoms with Crippen molar-refractivity contribution in [2.24, 2.45) is 0 Å². The van der Waals surface area contributed by atoms with E-state index >= 15 is 0 Å². The first-order valence-electron chi connectivity index (χ1n) is 6.39. The lowest BCUT2D eigenvalue weighted by Gasteiger charge is -2.32. The van der Waals surface area contributed by atoms with Gasteiger partial charge in [0.25, 0.3) is 0 Å². The molecule has 0 heterocycles. The van der Waals surface area contributed by atoms with Crippen LogP contribution in [0, 0.1) is 20.8 Å². The highest BCUT2D eigenvalue weighted by Crippen LogP contribution is 2.28. The average Bonchev–Trinajstić information content (AvgIpc) is 2.25. The lowest BCUT2D eigenvalue weighted by atomic mass is 9.84. The zero-order valence-electron chi connectivity index (χ0n) is 11.7. The van der Waals surface area contributed by atoms with E-state index in [0.717, 1.165) is 13.0 Å². The monoisotopic (exact) mass is 235 g/mol. The molecule has 0 radical (unpaired) electrons. The quantitative estimate of drug-likeness (QED) is 0.822. The topological polar surface area (TPSA) is 32.3 Å². The van der Waals surface area contributed by atoms with Gasteiger partial charge in [-0.05, 0) is 57.4 Å². The van der Waals surface area contributed by atoms with Gasteiger partial charge in [-0.2, -0.15) is 0 Å². The van der Waals surface area contributed by atoms with Crippen LogP contribution in [0.25, 0.3) is 0 Å². The maximum atomic E-state index is 9.72. The molecule has 96 valence electrons. The molecular formula is C15H25NO. The standard InChI is InChI=1S/C15H25NO/c1-6-7-16-15(5,10-17)14-12(3)8-11(2)9-13(14)4/h8-9,16-17H,6-7,10H2,1-5H3. The summed E-state index contributed by atoms with van der Waals surface area (Å²) in [4.78, 5) is 0. The van der Waals surface area contributed by atoms with E-state index in [-0.39, 0.29) is 12.1 Å². The van der Waals surface area contributed by atoms with Crippen LogP contribution in [-0.2, 0) is 5.54 Å². The normalized spacial score (nSPS) is 14.7. The van der Waals surface area contributed by atoms with E-state index in [1.54, 1.807) is 0 Å². The third-order valence-electron chi connectivity index (χ3n) is 3.31. The van der Waals surface area contributed by atoms with Crippen LogP contribution in [0.15, 0.2) is 12.1 Å². The second-order valence-corrected chi connectivity index (χ2v) is 5.19. The number of rotatable bonds is 5. The number of benzene rings is 1. The Balaban J connectivity index is 3.19. The maximum absolute atomic E-state index is 9.72. The van der Waals surface area contributed by atoms with Crippen LogP contribution in [0.4, 0.5) is 0 Å². The molecule has 0 amide bonds. The van der Waals surface area contributed by atoms with Gasteiger partial charge < -0.3 is 10.4 Å². The first-order valence-corrected chi connectivity index (χ1v) is 6.39. The highest BCUT2D eigenvalue weighted by atomic mass is 16.3. The molecule has 1 aromatic rings. The minimum atomic E-state index is -0.335. The van der Waals surface area contributed by atoms with E-state index in [1.807, 2.05) is 0 Å². The Hall–Kier alpha value is -0.860. The Morgan fingerprint density at radius 2 is 1.71 bits per heavy atom. The van der Waals surface area contributed by atoms with Gasteiger partial charge in [-0.15, -0.1) is 0 Å². The minimum Gasteiger partial charge on any atom is -0.394 e. The van der Waals surface area contributed by atoms with Crippen LogP contribution >= 0.6 is 0 Å². The van der Waals surface area contributed by atoms with Gasteiger partial charge >= 0.3 is 0 Å². The fourth-order valence-electron chi connectivity index (χ4n) is 2.67. The van der Waals surface area contributed by atoms with Crippen molar-refractivity contribution in [2.75, 3.05) is 13.2 Å². The molecule has 0 bridgehead atoms. The van der Waals surface area contributed by atoms with Crippen molar-refractivity contribution in [2.45, 2.75) is 46.6 Å². The Kier molecular flexibility index (Phi) is 4.72. The maximum Gasteiger partial charge on any atom is 0.0652 e. The van der Waals surface area contributed by atoms with Crippen molar-refractivity contribution >= 4 is 0 Å². The molecule has 0 aliphatic heterocycles. The summed E-state index contributed by atoms with van der Waals surface area (Å²) < 4.78 is 0. The molecule has 0 aromatic heterocycles. The lowest BCUT2D eigenvalue weighted by molar-refractivity contribution is 0.174. The number of aliphatic hydroxyl groups excluding tert-OH is 1. The first kappa shape index (κ1) is 14.2. The predicted molar refractivity (Wildman–Crippen MR) is 73.4 cm³/mol. The minimum absolute atomic E-state index is 0.123. The molecule has 0 spiro atoms. The van der Waals surface area contributed by atoms with Crippen molar-refractivity contribution in [1.82, 2.24) is 5.32 Å². The van der Waals surface area contributed by atoms with Gasteiger partial charge in [-0.3, -0.25) is 0 Å². The third kappa shape index (κ3) is 3.08. The summed E-state index contributed by atoms with van der Waals surface area (Å²) in [5, 5.41) is 13.2. The molecule has 2 nitrogen and oxygen atoms in total. The van der Waals surface area contributed by atoms with Gasteiger partial charge in [0.2, 0.25) is 0 Å². The van der Waals surface area contributed by atoms with Crippen molar-refractivity contribution in [3.05, 3.63) is 34.4 Å². The Morgan fingerprint density at radius 1 is 1.18 bits per heavy atom. The van der Waals surface area contributed by atoms with E-state index in [2.05, 4.69) is 52.1 Å². The van der Waals surface area contributed by atoms with E-state index in [4.69, 9.17) is 0 Å². The largest absolute Gasteiger partial charge is 0.394 e. The molecule has 1 atom stereocenters. The molecular weight excluding hydrogens is 210 g/mol. The Bertz CT molecular complexity index is 364. The van der Waals surface area contributed by atoms with Crippen molar-refractivity contribution in [3.63, 3.8) is 0 Å². The van der Waals surface area contributed by atoms with Gasteiger partial charge in [0.05, 0.1) is 12.1 Å². The summed E-state index contributed by atoms with van der Waals surface area (Å²) in [6.07, 6.45) is 1.07. The zero-order chi connectivity index (χ0) is 13.1. The van der Waals surface area contributed by atoms with Crippen LogP contribution in [0.1, 0.15) is 42.5 Å². The van der Waals surface area contributed by atoms with Gasteiger partial charge in [0.1, 0.15) is 0 Å². The smallest absolute Gasteiger partial charge is 0.0652 e. The summed E-state index contributed by atoms with van der Waals surface area (Å²) in [5.41, 5.74) is 4.68. The number of hydrogen-bond donors (Lipinski definition) is 2. The summed E-state index contributed by atoms with van der Waals surface area (Å²) in [5.74, 6) is 0. The molecule has 1 aromatic carbocycles. The number of hydrogen-bond acceptors (Lipinski definition) is 2. The van der Waals surface area contributed by atoms with Gasteiger partial charge in [0.15, 0.2) is 0 Å². The second-order valence-electron chi connectivity index (χ2n) is 5.19. The zero-order valence-corrected chi connectivity index (χ0v) is 11.7. The van der Waals surface area contributed by atoms with Crippen LogP contribution in [0.3, 0.4) is 0 Å². The predicted octanol–water partition coefficient (Wildman–Crippen LogP) is 2.82. The van der Waals surface area contributed by atoms with Crippen LogP contribution in [0.2, 0.25) is 0 Å². The Morgan fingerprint density at radius 3 is 2.12 bits per heavy atom. The SMILES string of the molecule is CCCNC(C)(CO)c1c(C)cc(C)cc1C. The summed E-state index contributed by atoms with van der Waals surface area (Å²) in [6, 6.07) is 4.37. The molecule has 2 N–H and O–H groups in total. The van der Waals surface area contributed by atoms with E-state index in [9.17, 15) is 5.11 Å². The molecule has 1 unspecified atom stereocenters. The first-order chi connectivity index (χ1) is 7.94. The second kappa shape index (κ2) is 5.65. The molecule has 2 heteroatoms. The molecule has 17 heavy (non-hydrogen) atoms. The Labute approximate surface area is 105 Å². The molecule has 0 fully saturated rings. The average molecular weight is 235 g/mol. The number of aryl methyl sites for hydroxylation is 3. The fourth-order valence-corrected chi connectivity index (χ4v) is 2.67. The van der Waals surface area contributed by atoms with Crippen LogP contribution in [0.5, 0.6) is 0 Å². The van der Waals surface area contributed by atoms with Crippen molar-refractivity contribution in [3.8, 4) is 0 Å². The van der Waals surface area contributed by atoms with Crippen LogP contribution < -0.4 is 5.32 Å². The van der Waals surface area contributed by atoms with E-state index in [1.165, 1.54) is 22.3 Å². The molecule has 0 saturated heterocycles. The summed E-state index contributed by atoms with van der Waals surface area (Å²) in [6.45, 7) is 11.6. The highest BCUT2D eigenvalue weighted by molar-refractivity contribution is 5.42. The molecule has 1 rings (SSSR count). The summed E-state index contributed by atoms with van der Waals surface area (Å²) >= 11 is 0. The van der Waals surface area contributed by atoms with Crippen molar-refractivity contribution in [1.29, 1.82) is 0 Å². The van der Waals surface area contributed by atoms with E-state index < -0.39 is 0 Å². The van der Waals surface area contributed by atoms with E-state index in [0.29, 0.717) is 0 Å². The van der Waals surface area contributed by atoms with Crippen LogP contribution in [-0.4, -0.2) is 18.3 Å². The molecule has 0 aliphatic carbocycles. The number of nitrogens with one attached hydrogen (secondary N) is 1. The lowest BCUT2D eigenvalue weighted by Crippen LogP contribution is -2.44. The van der Waals surface area contributed by atoms with Gasteiger partial charge in [0, 0.05) is 0 Å². The highest BCUT2D eigenvalue weighted by Gasteiger charge is 2.28. The van der Waals surface area contributed by atoms with Crippen molar-refractivity contribution < 1.29 is 5.11 Å². The number of aliphatic hydroxyl groups is 1. The van der Waals surface area contributed by atoms with Gasteiger partial charge in [-0.1, -0.05) is 24.6 Å². The summed E-state index contributed by atoms with van der Waals surface area (Å²) in [7, 11) is 0. The third-order valence-corrected chi connectivity index (χ3v) is 3.31. The molecule has 0 aliphatic rings. The fraction of sp³-hybridized carbons (Fsp3) is 0.600. The molecule has 0 saturated carbocycles. The van der Waals surface area contributed by atoms with Gasteiger partial charge in [-0.25, -0.2) is 0 Å².